The van der Waals surface area contributed by atoms with Crippen LogP contribution in [-0.2, 0) is 11.8 Å². The van der Waals surface area contributed by atoms with Gasteiger partial charge >= 0.3 is 5.97 Å². The first-order valence-corrected chi connectivity index (χ1v) is 8.00. The molecule has 5 nitrogen and oxygen atoms in total. The highest BCUT2D eigenvalue weighted by Crippen LogP contribution is 2.25. The van der Waals surface area contributed by atoms with E-state index in [1.54, 1.807) is 25.5 Å². The summed E-state index contributed by atoms with van der Waals surface area (Å²) < 4.78 is 6.82. The third-order valence-electron chi connectivity index (χ3n) is 4.35. The fourth-order valence-electron chi connectivity index (χ4n) is 2.99. The lowest BCUT2D eigenvalue weighted by Crippen LogP contribution is -2.15. The normalized spacial score (nSPS) is 10.6. The van der Waals surface area contributed by atoms with Crippen molar-refractivity contribution in [3.8, 4) is 0 Å². The minimum atomic E-state index is -0.410. The smallest absolute Gasteiger partial charge is 0.355 e. The van der Waals surface area contributed by atoms with Crippen molar-refractivity contribution < 1.29 is 14.3 Å². The van der Waals surface area contributed by atoms with Gasteiger partial charge in [-0.1, -0.05) is 18.2 Å². The van der Waals surface area contributed by atoms with Crippen molar-refractivity contribution in [2.45, 2.75) is 34.6 Å². The van der Waals surface area contributed by atoms with Crippen LogP contribution in [0.15, 0.2) is 18.2 Å². The summed E-state index contributed by atoms with van der Waals surface area (Å²) in [6.45, 7) is 9.58. The van der Waals surface area contributed by atoms with E-state index >= 15 is 0 Å². The van der Waals surface area contributed by atoms with Crippen molar-refractivity contribution in [2.24, 2.45) is 7.05 Å². The molecule has 2 aromatic rings. The molecule has 0 unspecified atom stereocenters. The maximum atomic E-state index is 12.8. The molecule has 0 radical (unpaired) electrons. The second-order valence-electron chi connectivity index (χ2n) is 5.93. The van der Waals surface area contributed by atoms with Crippen LogP contribution < -0.4 is 5.32 Å². The predicted molar refractivity (Wildman–Crippen MR) is 94.7 cm³/mol. The Bertz CT molecular complexity index is 783. The number of carbonyl (C=O) groups excluding carboxylic acids is 2. The number of nitrogens with one attached hydrogen (secondary N) is 1. The van der Waals surface area contributed by atoms with E-state index in [9.17, 15) is 9.59 Å². The van der Waals surface area contributed by atoms with Crippen LogP contribution in [0.4, 0.5) is 5.69 Å². The number of amides is 1. The quantitative estimate of drug-likeness (QED) is 0.871. The second kappa shape index (κ2) is 6.91. The molecular formula is C19H24N2O3. The van der Waals surface area contributed by atoms with E-state index in [0.29, 0.717) is 23.4 Å². The SMILES string of the molecule is CCOC(=O)c1c(C)c(C(=O)Nc2c(C)cccc2C)c(C)n1C. The number of anilines is 1. The molecule has 0 atom stereocenters. The van der Waals surface area contributed by atoms with E-state index in [4.69, 9.17) is 4.74 Å². The van der Waals surface area contributed by atoms with Crippen molar-refractivity contribution in [3.63, 3.8) is 0 Å². The Morgan fingerprint density at radius 1 is 1.12 bits per heavy atom. The number of rotatable bonds is 4. The Hall–Kier alpha value is -2.56. The summed E-state index contributed by atoms with van der Waals surface area (Å²) in [6, 6.07) is 5.87. The summed E-state index contributed by atoms with van der Waals surface area (Å²) in [6.07, 6.45) is 0. The second-order valence-corrected chi connectivity index (χ2v) is 5.93. The summed E-state index contributed by atoms with van der Waals surface area (Å²) in [7, 11) is 1.77. The highest BCUT2D eigenvalue weighted by atomic mass is 16.5. The zero-order chi connectivity index (χ0) is 18.0. The van der Waals surface area contributed by atoms with Gasteiger partial charge in [-0.2, -0.15) is 0 Å². The average Bonchev–Trinajstić information content (AvgIpc) is 2.73. The number of hydrogen-bond donors (Lipinski definition) is 1. The van der Waals surface area contributed by atoms with Crippen LogP contribution in [0.3, 0.4) is 0 Å². The van der Waals surface area contributed by atoms with Gasteiger partial charge in [-0.15, -0.1) is 0 Å². The van der Waals surface area contributed by atoms with E-state index in [-0.39, 0.29) is 5.91 Å². The maximum absolute atomic E-state index is 12.8. The molecule has 5 heteroatoms. The highest BCUT2D eigenvalue weighted by molar-refractivity contribution is 6.09. The van der Waals surface area contributed by atoms with Gasteiger partial charge in [0.05, 0.1) is 12.2 Å². The molecule has 0 saturated heterocycles. The Labute approximate surface area is 142 Å². The monoisotopic (exact) mass is 328 g/mol. The molecule has 0 spiro atoms. The first kappa shape index (κ1) is 17.8. The number of carbonyl (C=O) groups is 2. The summed E-state index contributed by atoms with van der Waals surface area (Å²) in [4.78, 5) is 25.0. The van der Waals surface area contributed by atoms with Crippen molar-refractivity contribution in [2.75, 3.05) is 11.9 Å². The van der Waals surface area contributed by atoms with Crippen LogP contribution in [0, 0.1) is 27.7 Å². The van der Waals surface area contributed by atoms with Gasteiger partial charge < -0.3 is 14.6 Å². The molecule has 0 aliphatic carbocycles. The van der Waals surface area contributed by atoms with E-state index in [1.165, 1.54) is 0 Å². The van der Waals surface area contributed by atoms with Gasteiger partial charge in [-0.05, 0) is 51.3 Å². The summed E-state index contributed by atoms with van der Waals surface area (Å²) in [5.41, 5.74) is 5.11. The molecule has 1 amide bonds. The average molecular weight is 328 g/mol. The van der Waals surface area contributed by atoms with E-state index < -0.39 is 5.97 Å². The molecule has 0 aliphatic heterocycles. The molecule has 1 heterocycles. The van der Waals surface area contributed by atoms with E-state index in [2.05, 4.69) is 5.32 Å². The zero-order valence-electron chi connectivity index (χ0n) is 15.1. The number of nitrogens with zero attached hydrogens (tertiary/aromatic N) is 1. The summed E-state index contributed by atoms with van der Waals surface area (Å²) in [5.74, 6) is -0.625. The van der Waals surface area contributed by atoms with Gasteiger partial charge in [0, 0.05) is 18.4 Å². The number of esters is 1. The van der Waals surface area contributed by atoms with Gasteiger partial charge in [0.15, 0.2) is 0 Å². The molecule has 2 rings (SSSR count). The molecule has 1 N–H and O–H groups in total. The number of benzene rings is 1. The van der Waals surface area contributed by atoms with Crippen molar-refractivity contribution in [1.29, 1.82) is 0 Å². The molecule has 24 heavy (non-hydrogen) atoms. The largest absolute Gasteiger partial charge is 0.461 e. The van der Waals surface area contributed by atoms with Crippen molar-refractivity contribution >= 4 is 17.6 Å². The number of para-hydroxylation sites is 1. The summed E-state index contributed by atoms with van der Waals surface area (Å²) >= 11 is 0. The Kier molecular flexibility index (Phi) is 5.12. The minimum absolute atomic E-state index is 0.214. The minimum Gasteiger partial charge on any atom is -0.461 e. The lowest BCUT2D eigenvalue weighted by atomic mass is 10.1. The molecule has 1 aromatic carbocycles. The fourth-order valence-corrected chi connectivity index (χ4v) is 2.99. The van der Waals surface area contributed by atoms with E-state index in [0.717, 1.165) is 22.5 Å². The maximum Gasteiger partial charge on any atom is 0.355 e. The molecule has 0 saturated carbocycles. The Morgan fingerprint density at radius 2 is 1.71 bits per heavy atom. The molecule has 0 bridgehead atoms. The molecule has 128 valence electrons. The first-order chi connectivity index (χ1) is 11.3. The van der Waals surface area contributed by atoms with E-state index in [1.807, 2.05) is 39.0 Å². The van der Waals surface area contributed by atoms with Crippen LogP contribution in [0.25, 0.3) is 0 Å². The fraction of sp³-hybridized carbons (Fsp3) is 0.368. The predicted octanol–water partition coefficient (Wildman–Crippen LogP) is 3.69. The van der Waals surface area contributed by atoms with Gasteiger partial charge in [0.1, 0.15) is 5.69 Å². The molecule has 0 aliphatic rings. The first-order valence-electron chi connectivity index (χ1n) is 8.00. The highest BCUT2D eigenvalue weighted by Gasteiger charge is 2.26. The Balaban J connectivity index is 2.44. The van der Waals surface area contributed by atoms with Gasteiger partial charge in [-0.3, -0.25) is 4.79 Å². The summed E-state index contributed by atoms with van der Waals surface area (Å²) in [5, 5.41) is 2.98. The lowest BCUT2D eigenvalue weighted by molar-refractivity contribution is 0.0514. The van der Waals surface area contributed by atoms with Crippen molar-refractivity contribution in [3.05, 3.63) is 51.8 Å². The van der Waals surface area contributed by atoms with Crippen molar-refractivity contribution in [1.82, 2.24) is 4.57 Å². The number of hydrogen-bond acceptors (Lipinski definition) is 3. The van der Waals surface area contributed by atoms with Gasteiger partial charge in [0.25, 0.3) is 5.91 Å². The third-order valence-corrected chi connectivity index (χ3v) is 4.35. The zero-order valence-corrected chi connectivity index (χ0v) is 15.1. The number of aryl methyl sites for hydroxylation is 2. The van der Waals surface area contributed by atoms with Crippen LogP contribution >= 0.6 is 0 Å². The lowest BCUT2D eigenvalue weighted by Gasteiger charge is -2.12. The van der Waals surface area contributed by atoms with Gasteiger partial charge in [0.2, 0.25) is 0 Å². The standard InChI is InChI=1S/C19H24N2O3/c1-7-24-19(23)17-13(4)15(14(5)21(17)6)18(22)20-16-11(2)9-8-10-12(16)3/h8-10H,7H2,1-6H3,(H,20,22). The van der Waals surface area contributed by atoms with Crippen LogP contribution in [0.1, 0.15) is 50.2 Å². The number of aromatic nitrogens is 1. The van der Waals surface area contributed by atoms with Gasteiger partial charge in [-0.25, -0.2) is 4.79 Å². The van der Waals surface area contributed by atoms with Crippen LogP contribution in [0.2, 0.25) is 0 Å². The van der Waals surface area contributed by atoms with Crippen LogP contribution in [-0.4, -0.2) is 23.1 Å². The molecule has 1 aromatic heterocycles. The van der Waals surface area contributed by atoms with Crippen LogP contribution in [0.5, 0.6) is 0 Å². The Morgan fingerprint density at radius 3 is 2.25 bits per heavy atom. The topological polar surface area (TPSA) is 60.3 Å². The third kappa shape index (κ3) is 3.07. The number of ether oxygens (including phenoxy) is 1. The molecule has 0 fully saturated rings. The molecular weight excluding hydrogens is 304 g/mol.